The first-order valence-electron chi connectivity index (χ1n) is 6.11. The van der Waals surface area contributed by atoms with Crippen molar-refractivity contribution in [2.75, 3.05) is 4.90 Å². The van der Waals surface area contributed by atoms with Crippen LogP contribution in [0.2, 0.25) is 0 Å². The van der Waals surface area contributed by atoms with Crippen molar-refractivity contribution in [1.82, 2.24) is 0 Å². The maximum Gasteiger partial charge on any atom is 0.336 e. The smallest absolute Gasteiger partial charge is 0.336 e. The quantitative estimate of drug-likeness (QED) is 0.907. The number of carboxylic acid groups (broad SMARTS) is 1. The molecule has 20 heavy (non-hydrogen) atoms. The molecule has 0 unspecified atom stereocenters. The average molecular weight is 336 g/mol. The third-order valence-corrected chi connectivity index (χ3v) is 4.25. The molecule has 5 heteroatoms. The van der Waals surface area contributed by atoms with E-state index < -0.39 is 11.8 Å². The van der Waals surface area contributed by atoms with E-state index in [-0.39, 0.29) is 10.0 Å². The van der Waals surface area contributed by atoms with E-state index in [0.29, 0.717) is 18.8 Å². The van der Waals surface area contributed by atoms with Crippen LogP contribution in [-0.4, -0.2) is 11.1 Å². The van der Waals surface area contributed by atoms with Crippen LogP contribution in [0.15, 0.2) is 40.9 Å². The molecule has 0 spiro atoms. The number of hydrogen-bond donors (Lipinski definition) is 1. The van der Waals surface area contributed by atoms with Crippen molar-refractivity contribution >= 4 is 27.6 Å². The fraction of sp³-hybridized carbons (Fsp3) is 0.133. The van der Waals surface area contributed by atoms with Crippen LogP contribution in [-0.2, 0) is 13.1 Å². The molecule has 2 aromatic carbocycles. The molecular formula is C15H11BrFNO2. The van der Waals surface area contributed by atoms with Crippen LogP contribution in [0.3, 0.4) is 0 Å². The van der Waals surface area contributed by atoms with Crippen LogP contribution in [0.1, 0.15) is 21.5 Å². The predicted octanol–water partition coefficient (Wildman–Crippen LogP) is 3.81. The first-order valence-corrected chi connectivity index (χ1v) is 6.90. The average Bonchev–Trinajstić information content (AvgIpc) is 2.84. The molecule has 1 heterocycles. The highest BCUT2D eigenvalue weighted by Crippen LogP contribution is 2.34. The van der Waals surface area contributed by atoms with Crippen LogP contribution in [0.25, 0.3) is 0 Å². The SMILES string of the molecule is O=C(O)c1ccc(N2Cc3ccccc3C2)c(F)c1Br. The van der Waals surface area contributed by atoms with E-state index in [0.717, 1.165) is 0 Å². The number of halogens is 2. The minimum atomic E-state index is -1.15. The van der Waals surface area contributed by atoms with Gasteiger partial charge in [0.15, 0.2) is 5.82 Å². The molecule has 2 aromatic rings. The van der Waals surface area contributed by atoms with Crippen molar-refractivity contribution in [2.45, 2.75) is 13.1 Å². The zero-order valence-electron chi connectivity index (χ0n) is 10.4. The first kappa shape index (κ1) is 13.1. The predicted molar refractivity (Wildman–Crippen MR) is 77.4 cm³/mol. The van der Waals surface area contributed by atoms with E-state index in [1.807, 2.05) is 29.2 Å². The van der Waals surface area contributed by atoms with Gasteiger partial charge in [-0.05, 0) is 39.2 Å². The molecular weight excluding hydrogens is 325 g/mol. The van der Waals surface area contributed by atoms with Gasteiger partial charge in [0, 0.05) is 13.1 Å². The molecule has 3 rings (SSSR count). The Morgan fingerprint density at radius 1 is 1.15 bits per heavy atom. The molecule has 102 valence electrons. The lowest BCUT2D eigenvalue weighted by Crippen LogP contribution is -2.17. The lowest BCUT2D eigenvalue weighted by molar-refractivity contribution is 0.0695. The molecule has 0 atom stereocenters. The number of hydrogen-bond acceptors (Lipinski definition) is 2. The summed E-state index contributed by atoms with van der Waals surface area (Å²) in [7, 11) is 0. The van der Waals surface area contributed by atoms with E-state index in [1.165, 1.54) is 23.3 Å². The van der Waals surface area contributed by atoms with Gasteiger partial charge in [0.25, 0.3) is 0 Å². The lowest BCUT2D eigenvalue weighted by Gasteiger charge is -2.19. The second kappa shape index (κ2) is 4.90. The Morgan fingerprint density at radius 3 is 2.30 bits per heavy atom. The van der Waals surface area contributed by atoms with Crippen LogP contribution in [0.5, 0.6) is 0 Å². The Labute approximate surface area is 123 Å². The molecule has 0 bridgehead atoms. The van der Waals surface area contributed by atoms with Crippen LogP contribution in [0.4, 0.5) is 10.1 Å². The monoisotopic (exact) mass is 335 g/mol. The normalized spacial score (nSPS) is 13.4. The standard InChI is InChI=1S/C15H11BrFNO2/c16-13-11(15(19)20)5-6-12(14(13)17)18-7-9-3-1-2-4-10(9)8-18/h1-6H,7-8H2,(H,19,20). The molecule has 0 saturated carbocycles. The second-order valence-electron chi connectivity index (χ2n) is 4.69. The molecule has 1 aliphatic heterocycles. The van der Waals surface area contributed by atoms with Gasteiger partial charge in [-0.2, -0.15) is 0 Å². The molecule has 3 nitrogen and oxygen atoms in total. The Balaban J connectivity index is 1.98. The number of aromatic carboxylic acids is 1. The molecule has 0 saturated heterocycles. The maximum absolute atomic E-state index is 14.3. The molecule has 1 aliphatic rings. The highest BCUT2D eigenvalue weighted by Gasteiger charge is 2.24. The highest BCUT2D eigenvalue weighted by atomic mass is 79.9. The van der Waals surface area contributed by atoms with E-state index >= 15 is 0 Å². The fourth-order valence-electron chi connectivity index (χ4n) is 2.45. The van der Waals surface area contributed by atoms with Gasteiger partial charge in [-0.25, -0.2) is 9.18 Å². The Morgan fingerprint density at radius 2 is 1.75 bits per heavy atom. The van der Waals surface area contributed by atoms with Gasteiger partial charge in [0.1, 0.15) is 0 Å². The fourth-order valence-corrected chi connectivity index (χ4v) is 2.96. The van der Waals surface area contributed by atoms with Crippen molar-refractivity contribution in [3.05, 3.63) is 63.4 Å². The van der Waals surface area contributed by atoms with E-state index in [2.05, 4.69) is 15.9 Å². The zero-order chi connectivity index (χ0) is 14.3. The molecule has 0 amide bonds. The van der Waals surface area contributed by atoms with Crippen LogP contribution >= 0.6 is 15.9 Å². The summed E-state index contributed by atoms with van der Waals surface area (Å²) in [5, 5.41) is 8.98. The lowest BCUT2D eigenvalue weighted by atomic mass is 10.1. The molecule has 0 fully saturated rings. The molecule has 0 aliphatic carbocycles. The highest BCUT2D eigenvalue weighted by molar-refractivity contribution is 9.10. The van der Waals surface area contributed by atoms with Crippen LogP contribution < -0.4 is 4.90 Å². The largest absolute Gasteiger partial charge is 0.478 e. The van der Waals surface area contributed by atoms with Gasteiger partial charge in [-0.1, -0.05) is 24.3 Å². The number of anilines is 1. The van der Waals surface area contributed by atoms with Crippen molar-refractivity contribution in [3.8, 4) is 0 Å². The third kappa shape index (κ3) is 2.08. The van der Waals surface area contributed by atoms with E-state index in [4.69, 9.17) is 5.11 Å². The minimum absolute atomic E-state index is 0.00143. The number of rotatable bonds is 2. The van der Waals surface area contributed by atoms with Crippen molar-refractivity contribution in [2.24, 2.45) is 0 Å². The second-order valence-corrected chi connectivity index (χ2v) is 5.48. The summed E-state index contributed by atoms with van der Waals surface area (Å²) in [6, 6.07) is 10.9. The van der Waals surface area contributed by atoms with Gasteiger partial charge in [-0.3, -0.25) is 0 Å². The Kier molecular flexibility index (Phi) is 3.22. The molecule has 1 N–H and O–H groups in total. The summed E-state index contributed by atoms with van der Waals surface area (Å²) < 4.78 is 14.3. The molecule has 0 radical (unpaired) electrons. The van der Waals surface area contributed by atoms with Gasteiger partial charge in [0.05, 0.1) is 15.7 Å². The summed E-state index contributed by atoms with van der Waals surface area (Å²) in [6.45, 7) is 1.26. The van der Waals surface area contributed by atoms with Crippen molar-refractivity contribution in [1.29, 1.82) is 0 Å². The zero-order valence-corrected chi connectivity index (χ0v) is 12.0. The van der Waals surface area contributed by atoms with Gasteiger partial charge < -0.3 is 10.0 Å². The first-order chi connectivity index (χ1) is 9.58. The van der Waals surface area contributed by atoms with Gasteiger partial charge in [-0.15, -0.1) is 0 Å². The number of carbonyl (C=O) groups is 1. The summed E-state index contributed by atoms with van der Waals surface area (Å²) in [5.74, 6) is -1.68. The number of carboxylic acids is 1. The van der Waals surface area contributed by atoms with E-state index in [1.54, 1.807) is 0 Å². The summed E-state index contributed by atoms with van der Waals surface area (Å²) >= 11 is 3.03. The van der Waals surface area contributed by atoms with E-state index in [9.17, 15) is 9.18 Å². The Bertz CT molecular complexity index is 677. The third-order valence-electron chi connectivity index (χ3n) is 3.47. The molecule has 0 aromatic heterocycles. The topological polar surface area (TPSA) is 40.5 Å². The minimum Gasteiger partial charge on any atom is -0.478 e. The summed E-state index contributed by atoms with van der Waals surface area (Å²) in [5.41, 5.74) is 2.69. The van der Waals surface area contributed by atoms with Crippen molar-refractivity contribution < 1.29 is 14.3 Å². The van der Waals surface area contributed by atoms with Crippen molar-refractivity contribution in [3.63, 3.8) is 0 Å². The summed E-state index contributed by atoms with van der Waals surface area (Å²) in [6.07, 6.45) is 0. The number of benzene rings is 2. The summed E-state index contributed by atoms with van der Waals surface area (Å²) in [4.78, 5) is 12.9. The Hall–Kier alpha value is -1.88. The van der Waals surface area contributed by atoms with Gasteiger partial charge >= 0.3 is 5.97 Å². The van der Waals surface area contributed by atoms with Crippen LogP contribution in [0, 0.1) is 5.82 Å². The van der Waals surface area contributed by atoms with Gasteiger partial charge in [0.2, 0.25) is 0 Å². The maximum atomic E-state index is 14.3. The number of fused-ring (bicyclic) bond motifs is 1. The number of nitrogens with zero attached hydrogens (tertiary/aromatic N) is 1.